The highest BCUT2D eigenvalue weighted by atomic mass is 32.2. The summed E-state index contributed by atoms with van der Waals surface area (Å²) >= 11 is 0. The van der Waals surface area contributed by atoms with E-state index >= 15 is 0 Å². The molecule has 0 atom stereocenters. The van der Waals surface area contributed by atoms with E-state index < -0.39 is 15.3 Å². The van der Waals surface area contributed by atoms with Crippen LogP contribution in [0.4, 0.5) is 0 Å². The van der Waals surface area contributed by atoms with Gasteiger partial charge in [-0.2, -0.15) is 0 Å². The highest BCUT2D eigenvalue weighted by molar-refractivity contribution is 7.90. The Labute approximate surface area is 160 Å². The summed E-state index contributed by atoms with van der Waals surface area (Å²) in [5, 5.41) is 4.72. The molecule has 0 unspecified atom stereocenters. The molecule has 1 heterocycles. The first-order valence-corrected chi connectivity index (χ1v) is 11.0. The molecule has 7 heteroatoms. The van der Waals surface area contributed by atoms with Crippen LogP contribution >= 0.6 is 0 Å². The van der Waals surface area contributed by atoms with Gasteiger partial charge in [0.05, 0.1) is 17.5 Å². The Kier molecular flexibility index (Phi) is 6.11. The molecule has 0 radical (unpaired) electrons. The van der Waals surface area contributed by atoms with Gasteiger partial charge in [-0.15, -0.1) is 0 Å². The predicted molar refractivity (Wildman–Crippen MR) is 107 cm³/mol. The lowest BCUT2D eigenvalue weighted by molar-refractivity contribution is -0.126. The van der Waals surface area contributed by atoms with E-state index in [0.29, 0.717) is 32.2 Å². The summed E-state index contributed by atoms with van der Waals surface area (Å²) in [5.41, 5.74) is 0.861. The van der Waals surface area contributed by atoms with Crippen LogP contribution in [0.25, 0.3) is 10.8 Å². The van der Waals surface area contributed by atoms with Crippen LogP contribution in [-0.4, -0.2) is 30.6 Å². The second-order valence-corrected chi connectivity index (χ2v) is 9.73. The Hall–Kier alpha value is -1.99. The molecule has 1 aromatic carbocycles. The van der Waals surface area contributed by atoms with Gasteiger partial charge in [-0.3, -0.25) is 9.78 Å². The first-order chi connectivity index (χ1) is 12.9. The quantitative estimate of drug-likeness (QED) is 0.795. The van der Waals surface area contributed by atoms with Crippen LogP contribution in [0.2, 0.25) is 0 Å². The van der Waals surface area contributed by atoms with Gasteiger partial charge in [0.1, 0.15) is 0 Å². The van der Waals surface area contributed by atoms with Gasteiger partial charge in [0.25, 0.3) is 0 Å². The number of carbonyl (C=O) groups is 1. The Balaban J connectivity index is 1.53. The van der Waals surface area contributed by atoms with Gasteiger partial charge in [-0.1, -0.05) is 24.3 Å². The molecular weight excluding hydrogens is 362 g/mol. The number of rotatable bonds is 6. The molecule has 1 aliphatic rings. The van der Waals surface area contributed by atoms with Crippen LogP contribution in [0.1, 0.15) is 45.2 Å². The van der Waals surface area contributed by atoms with Crippen LogP contribution in [0.15, 0.2) is 36.5 Å². The van der Waals surface area contributed by atoms with E-state index in [1.165, 1.54) is 0 Å². The van der Waals surface area contributed by atoms with Crippen molar-refractivity contribution in [1.29, 1.82) is 0 Å². The minimum atomic E-state index is -3.26. The van der Waals surface area contributed by atoms with Gasteiger partial charge < -0.3 is 5.32 Å². The number of aromatic nitrogens is 1. The Morgan fingerprint density at radius 3 is 2.56 bits per heavy atom. The van der Waals surface area contributed by atoms with E-state index in [-0.39, 0.29) is 17.9 Å². The summed E-state index contributed by atoms with van der Waals surface area (Å²) in [5.74, 6) is -0.0466. The molecule has 2 aromatic rings. The maximum absolute atomic E-state index is 12.5. The zero-order valence-corrected chi connectivity index (χ0v) is 16.6. The van der Waals surface area contributed by atoms with Crippen LogP contribution < -0.4 is 10.0 Å². The maximum Gasteiger partial charge on any atom is 0.223 e. The number of pyridine rings is 1. The number of nitrogens with one attached hydrogen (secondary N) is 2. The molecule has 0 saturated heterocycles. The van der Waals surface area contributed by atoms with Gasteiger partial charge in [-0.25, -0.2) is 13.1 Å². The van der Waals surface area contributed by atoms with Gasteiger partial charge in [0.2, 0.25) is 15.9 Å². The number of hydrogen-bond donors (Lipinski definition) is 2. The molecule has 27 heavy (non-hydrogen) atoms. The molecule has 146 valence electrons. The fourth-order valence-corrected chi connectivity index (χ4v) is 4.45. The van der Waals surface area contributed by atoms with Gasteiger partial charge in [0.15, 0.2) is 0 Å². The van der Waals surface area contributed by atoms with E-state index in [9.17, 15) is 13.2 Å². The van der Waals surface area contributed by atoms with Crippen molar-refractivity contribution in [1.82, 2.24) is 15.0 Å². The molecule has 1 aromatic heterocycles. The molecule has 0 bridgehead atoms. The fourth-order valence-electron chi connectivity index (χ4n) is 3.48. The fraction of sp³-hybridized carbons (Fsp3) is 0.500. The minimum absolute atomic E-state index is 0.0231. The average molecular weight is 390 g/mol. The number of benzene rings is 1. The Morgan fingerprint density at radius 2 is 1.85 bits per heavy atom. The van der Waals surface area contributed by atoms with Crippen molar-refractivity contribution in [3.63, 3.8) is 0 Å². The largest absolute Gasteiger partial charge is 0.350 e. The molecule has 1 aliphatic carbocycles. The van der Waals surface area contributed by atoms with E-state index in [1.807, 2.05) is 30.3 Å². The molecule has 6 nitrogen and oxygen atoms in total. The van der Waals surface area contributed by atoms with Crippen molar-refractivity contribution < 1.29 is 13.2 Å². The van der Waals surface area contributed by atoms with E-state index in [4.69, 9.17) is 0 Å². The molecule has 1 fully saturated rings. The van der Waals surface area contributed by atoms with Gasteiger partial charge >= 0.3 is 0 Å². The summed E-state index contributed by atoms with van der Waals surface area (Å²) in [6.07, 6.45) is 4.53. The zero-order chi connectivity index (χ0) is 19.4. The molecule has 3 rings (SSSR count). The van der Waals surface area contributed by atoms with Crippen molar-refractivity contribution in [2.75, 3.05) is 0 Å². The summed E-state index contributed by atoms with van der Waals surface area (Å²) in [4.78, 5) is 16.9. The highest BCUT2D eigenvalue weighted by Gasteiger charge is 2.29. The molecule has 1 saturated carbocycles. The number of amides is 1. The Morgan fingerprint density at radius 1 is 1.15 bits per heavy atom. The first kappa shape index (κ1) is 19.8. The lowest BCUT2D eigenvalue weighted by Gasteiger charge is -2.28. The van der Waals surface area contributed by atoms with Crippen molar-refractivity contribution in [2.24, 2.45) is 5.92 Å². The average Bonchev–Trinajstić information content (AvgIpc) is 2.66. The third-order valence-electron chi connectivity index (χ3n) is 5.24. The van der Waals surface area contributed by atoms with Crippen molar-refractivity contribution in [2.45, 2.75) is 57.4 Å². The SMILES string of the molecule is CC(C)S(=O)(=O)NC1CCC(C(=O)NCc2nccc3ccccc23)CC1. The summed E-state index contributed by atoms with van der Waals surface area (Å²) < 4.78 is 26.7. The monoisotopic (exact) mass is 389 g/mol. The standard InChI is InChI=1S/C20H27N3O3S/c1-14(2)27(25,26)23-17-9-7-16(8-10-17)20(24)22-13-19-18-6-4-3-5-15(18)11-12-21-19/h3-6,11-12,14,16-17,23H,7-10,13H2,1-2H3,(H,22,24). The van der Waals surface area contributed by atoms with E-state index in [2.05, 4.69) is 15.0 Å². The van der Waals surface area contributed by atoms with Gasteiger partial charge in [-0.05, 0) is 51.0 Å². The lowest BCUT2D eigenvalue weighted by atomic mass is 9.86. The summed E-state index contributed by atoms with van der Waals surface area (Å²) in [7, 11) is -3.26. The van der Waals surface area contributed by atoms with Crippen LogP contribution in [0, 0.1) is 5.92 Å². The molecule has 0 aliphatic heterocycles. The van der Waals surface area contributed by atoms with Crippen molar-refractivity contribution in [3.05, 3.63) is 42.2 Å². The van der Waals surface area contributed by atoms with E-state index in [0.717, 1.165) is 16.5 Å². The number of sulfonamides is 1. The van der Waals surface area contributed by atoms with E-state index in [1.54, 1.807) is 20.0 Å². The number of nitrogens with zero attached hydrogens (tertiary/aromatic N) is 1. The number of hydrogen-bond acceptors (Lipinski definition) is 4. The minimum Gasteiger partial charge on any atom is -0.350 e. The zero-order valence-electron chi connectivity index (χ0n) is 15.8. The Bertz CT molecular complexity index is 898. The van der Waals surface area contributed by atoms with Crippen LogP contribution in [0.3, 0.4) is 0 Å². The molecule has 0 spiro atoms. The maximum atomic E-state index is 12.5. The third kappa shape index (κ3) is 4.84. The second kappa shape index (κ2) is 8.35. The highest BCUT2D eigenvalue weighted by Crippen LogP contribution is 2.25. The van der Waals surface area contributed by atoms with Crippen LogP contribution in [0.5, 0.6) is 0 Å². The van der Waals surface area contributed by atoms with Crippen LogP contribution in [-0.2, 0) is 21.4 Å². The van der Waals surface area contributed by atoms with Crippen molar-refractivity contribution >= 4 is 26.7 Å². The summed E-state index contributed by atoms with van der Waals surface area (Å²) in [6.45, 7) is 3.74. The normalized spacial score (nSPS) is 20.7. The summed E-state index contributed by atoms with van der Waals surface area (Å²) in [6, 6.07) is 9.88. The van der Waals surface area contributed by atoms with Crippen molar-refractivity contribution in [3.8, 4) is 0 Å². The molecule has 1 amide bonds. The third-order valence-corrected chi connectivity index (χ3v) is 7.14. The topological polar surface area (TPSA) is 88.2 Å². The first-order valence-electron chi connectivity index (χ1n) is 9.48. The number of carbonyl (C=O) groups excluding carboxylic acids is 1. The molecule has 2 N–H and O–H groups in total. The number of fused-ring (bicyclic) bond motifs is 1. The lowest BCUT2D eigenvalue weighted by Crippen LogP contribution is -2.43. The predicted octanol–water partition coefficient (Wildman–Crippen LogP) is 2.74. The van der Waals surface area contributed by atoms with Gasteiger partial charge in [0, 0.05) is 23.5 Å². The molecular formula is C20H27N3O3S. The smallest absolute Gasteiger partial charge is 0.223 e. The second-order valence-electron chi connectivity index (χ2n) is 7.46.